The van der Waals surface area contributed by atoms with E-state index in [-0.39, 0.29) is 18.0 Å². The summed E-state index contributed by atoms with van der Waals surface area (Å²) in [5.74, 6) is -1.23. The van der Waals surface area contributed by atoms with Gasteiger partial charge >= 0.3 is 5.97 Å². The molecule has 0 fully saturated rings. The van der Waals surface area contributed by atoms with Gasteiger partial charge in [-0.15, -0.1) is 0 Å². The van der Waals surface area contributed by atoms with Crippen LogP contribution in [-0.4, -0.2) is 18.0 Å². The predicted molar refractivity (Wildman–Crippen MR) is 94.0 cm³/mol. The summed E-state index contributed by atoms with van der Waals surface area (Å²) in [6.45, 7) is 3.84. The Morgan fingerprint density at radius 2 is 2.00 bits per heavy atom. The molecular weight excluding hydrogens is 358 g/mol. The van der Waals surface area contributed by atoms with Gasteiger partial charge < -0.3 is 10.1 Å². The van der Waals surface area contributed by atoms with E-state index in [0.717, 1.165) is 10.9 Å². The molecule has 1 aliphatic carbocycles. The number of allylic oxidation sites excluding steroid dienone is 2. The van der Waals surface area contributed by atoms with Crippen molar-refractivity contribution in [2.75, 3.05) is 5.32 Å². The van der Waals surface area contributed by atoms with Crippen molar-refractivity contribution in [3.8, 4) is 0 Å². The number of nitrogens with one attached hydrogen (secondary N) is 1. The van der Waals surface area contributed by atoms with Crippen molar-refractivity contribution in [2.45, 2.75) is 39.2 Å². The number of benzene rings is 1. The Hall–Kier alpha value is -1.62. The molecular formula is C18H22BrNO3. The fourth-order valence-electron chi connectivity index (χ4n) is 2.53. The van der Waals surface area contributed by atoms with E-state index in [4.69, 9.17) is 4.74 Å². The topological polar surface area (TPSA) is 55.4 Å². The molecule has 1 aromatic carbocycles. The summed E-state index contributed by atoms with van der Waals surface area (Å²) >= 11 is 3.38. The van der Waals surface area contributed by atoms with Gasteiger partial charge in [-0.1, -0.05) is 41.1 Å². The third-order valence-corrected chi connectivity index (χ3v) is 4.55. The number of esters is 1. The Bertz CT molecular complexity index is 600. The number of hydrogen-bond acceptors (Lipinski definition) is 3. The molecule has 1 aliphatic rings. The number of hydrogen-bond donors (Lipinski definition) is 1. The first kappa shape index (κ1) is 17.7. The van der Waals surface area contributed by atoms with Gasteiger partial charge in [-0.25, -0.2) is 0 Å². The molecule has 23 heavy (non-hydrogen) atoms. The second-order valence-corrected chi connectivity index (χ2v) is 6.73. The predicted octanol–water partition coefficient (Wildman–Crippen LogP) is 4.31. The van der Waals surface area contributed by atoms with Crippen molar-refractivity contribution in [3.63, 3.8) is 0 Å². The number of anilines is 1. The van der Waals surface area contributed by atoms with E-state index in [9.17, 15) is 9.59 Å². The summed E-state index contributed by atoms with van der Waals surface area (Å²) in [6, 6.07) is 7.41. The van der Waals surface area contributed by atoms with E-state index < -0.39 is 11.8 Å². The molecule has 5 heteroatoms. The Morgan fingerprint density at radius 1 is 1.30 bits per heavy atom. The molecule has 124 valence electrons. The van der Waals surface area contributed by atoms with Crippen LogP contribution in [0, 0.1) is 11.8 Å². The first-order valence-corrected chi connectivity index (χ1v) is 8.72. The lowest BCUT2D eigenvalue weighted by Crippen LogP contribution is -2.36. The Kier molecular flexibility index (Phi) is 6.39. The van der Waals surface area contributed by atoms with E-state index >= 15 is 0 Å². The average Bonchev–Trinajstić information content (AvgIpc) is 2.54. The van der Waals surface area contributed by atoms with E-state index in [0.29, 0.717) is 18.5 Å². The monoisotopic (exact) mass is 379 g/mol. The molecule has 0 radical (unpaired) electrons. The Labute approximate surface area is 145 Å². The van der Waals surface area contributed by atoms with Gasteiger partial charge in [0.1, 0.15) is 0 Å². The van der Waals surface area contributed by atoms with Gasteiger partial charge in [-0.3, -0.25) is 9.59 Å². The minimum absolute atomic E-state index is 0.123. The van der Waals surface area contributed by atoms with Crippen LogP contribution in [0.15, 0.2) is 40.9 Å². The molecule has 0 saturated heterocycles. The molecule has 0 bridgehead atoms. The van der Waals surface area contributed by atoms with Gasteiger partial charge in [0.2, 0.25) is 5.91 Å². The van der Waals surface area contributed by atoms with Gasteiger partial charge in [0.15, 0.2) is 0 Å². The summed E-state index contributed by atoms with van der Waals surface area (Å²) in [6.07, 6.45) is 5.65. The van der Waals surface area contributed by atoms with Crippen molar-refractivity contribution < 1.29 is 14.3 Å². The normalized spacial score (nSPS) is 21.5. The van der Waals surface area contributed by atoms with Crippen molar-refractivity contribution in [1.29, 1.82) is 0 Å². The first-order valence-electron chi connectivity index (χ1n) is 7.93. The zero-order chi connectivity index (χ0) is 16.8. The first-order chi connectivity index (χ1) is 11.0. The molecule has 0 spiro atoms. The van der Waals surface area contributed by atoms with Crippen molar-refractivity contribution in [2.24, 2.45) is 11.8 Å². The van der Waals surface area contributed by atoms with E-state index in [1.807, 2.05) is 50.3 Å². The molecule has 0 unspecified atom stereocenters. The second-order valence-electron chi connectivity index (χ2n) is 5.81. The standard InChI is InChI=1S/C18H22BrNO3/c1-3-12(2)23-18(22)16-10-5-4-9-15(16)17(21)20-14-8-6-7-13(19)11-14/h4-8,11-12,15-16H,3,9-10H2,1-2H3,(H,20,21)/t12-,15+,16+/m1/s1. The van der Waals surface area contributed by atoms with Crippen LogP contribution in [0.4, 0.5) is 5.69 Å². The zero-order valence-corrected chi connectivity index (χ0v) is 15.0. The molecule has 2 rings (SSSR count). The van der Waals surface area contributed by atoms with Crippen LogP contribution in [-0.2, 0) is 14.3 Å². The lowest BCUT2D eigenvalue weighted by Gasteiger charge is -2.27. The molecule has 0 saturated carbocycles. The Balaban J connectivity index is 2.07. The zero-order valence-electron chi connectivity index (χ0n) is 13.4. The van der Waals surface area contributed by atoms with Crippen LogP contribution >= 0.6 is 15.9 Å². The van der Waals surface area contributed by atoms with Crippen LogP contribution in [0.1, 0.15) is 33.1 Å². The highest BCUT2D eigenvalue weighted by molar-refractivity contribution is 9.10. The largest absolute Gasteiger partial charge is 0.462 e. The van der Waals surface area contributed by atoms with Crippen LogP contribution in [0.25, 0.3) is 0 Å². The van der Waals surface area contributed by atoms with E-state index in [1.165, 1.54) is 0 Å². The molecule has 1 amide bonds. The molecule has 3 atom stereocenters. The average molecular weight is 380 g/mol. The van der Waals surface area contributed by atoms with E-state index in [2.05, 4.69) is 21.2 Å². The molecule has 1 aromatic rings. The number of rotatable bonds is 5. The van der Waals surface area contributed by atoms with Gasteiger partial charge in [0, 0.05) is 10.2 Å². The summed E-state index contributed by atoms with van der Waals surface area (Å²) in [5, 5.41) is 2.89. The fourth-order valence-corrected chi connectivity index (χ4v) is 2.93. The molecule has 0 aliphatic heterocycles. The number of carbonyl (C=O) groups is 2. The van der Waals surface area contributed by atoms with Crippen LogP contribution in [0.2, 0.25) is 0 Å². The van der Waals surface area contributed by atoms with Gasteiger partial charge in [0.25, 0.3) is 0 Å². The van der Waals surface area contributed by atoms with E-state index in [1.54, 1.807) is 0 Å². The molecule has 4 nitrogen and oxygen atoms in total. The Morgan fingerprint density at radius 3 is 2.65 bits per heavy atom. The van der Waals surface area contributed by atoms with Gasteiger partial charge in [0.05, 0.1) is 17.9 Å². The lowest BCUT2D eigenvalue weighted by atomic mass is 9.82. The molecule has 0 heterocycles. The highest BCUT2D eigenvalue weighted by atomic mass is 79.9. The quantitative estimate of drug-likeness (QED) is 0.612. The highest BCUT2D eigenvalue weighted by Crippen LogP contribution is 2.29. The van der Waals surface area contributed by atoms with Crippen LogP contribution < -0.4 is 5.32 Å². The van der Waals surface area contributed by atoms with Crippen molar-refractivity contribution >= 4 is 33.5 Å². The smallest absolute Gasteiger partial charge is 0.310 e. The second kappa shape index (κ2) is 8.29. The highest BCUT2D eigenvalue weighted by Gasteiger charge is 2.35. The minimum Gasteiger partial charge on any atom is -0.462 e. The number of carbonyl (C=O) groups excluding carboxylic acids is 2. The minimum atomic E-state index is -0.416. The van der Waals surface area contributed by atoms with Crippen LogP contribution in [0.3, 0.4) is 0 Å². The maximum absolute atomic E-state index is 12.6. The fraction of sp³-hybridized carbons (Fsp3) is 0.444. The maximum Gasteiger partial charge on any atom is 0.310 e. The maximum atomic E-state index is 12.6. The summed E-state index contributed by atoms with van der Waals surface area (Å²) in [5.41, 5.74) is 0.716. The van der Waals surface area contributed by atoms with Gasteiger partial charge in [-0.05, 0) is 44.4 Å². The number of amides is 1. The molecule has 1 N–H and O–H groups in total. The molecule has 0 aromatic heterocycles. The van der Waals surface area contributed by atoms with Crippen molar-refractivity contribution in [1.82, 2.24) is 0 Å². The summed E-state index contributed by atoms with van der Waals surface area (Å²) in [4.78, 5) is 24.9. The van der Waals surface area contributed by atoms with Crippen molar-refractivity contribution in [3.05, 3.63) is 40.9 Å². The summed E-state index contributed by atoms with van der Waals surface area (Å²) in [7, 11) is 0. The lowest BCUT2D eigenvalue weighted by molar-refractivity contribution is -0.157. The third kappa shape index (κ3) is 4.93. The van der Waals surface area contributed by atoms with Gasteiger partial charge in [-0.2, -0.15) is 0 Å². The number of ether oxygens (including phenoxy) is 1. The SMILES string of the molecule is CC[C@@H](C)OC(=O)[C@H]1CC=CC[C@@H]1C(=O)Nc1cccc(Br)c1. The third-order valence-electron chi connectivity index (χ3n) is 4.06. The number of halogens is 1. The summed E-state index contributed by atoms with van der Waals surface area (Å²) < 4.78 is 6.32. The van der Waals surface area contributed by atoms with Crippen LogP contribution in [0.5, 0.6) is 0 Å².